The topological polar surface area (TPSA) is 53.1 Å². The molecule has 1 saturated carbocycles. The Bertz CT molecular complexity index is 558. The van der Waals surface area contributed by atoms with Gasteiger partial charge in [-0.05, 0) is 18.4 Å². The van der Waals surface area contributed by atoms with Crippen LogP contribution in [0.1, 0.15) is 24.4 Å². The van der Waals surface area contributed by atoms with Crippen LogP contribution in [0, 0.1) is 0 Å². The molecule has 0 spiro atoms. The minimum absolute atomic E-state index is 0.556. The van der Waals surface area contributed by atoms with E-state index in [-0.39, 0.29) is 0 Å². The van der Waals surface area contributed by atoms with E-state index >= 15 is 0 Å². The molecule has 1 fully saturated rings. The van der Waals surface area contributed by atoms with Gasteiger partial charge in [0.1, 0.15) is 11.5 Å². The summed E-state index contributed by atoms with van der Waals surface area (Å²) < 4.78 is 7.30. The molecule has 0 radical (unpaired) electrons. The number of anilines is 1. The molecular formula is C14H17N3O. The monoisotopic (exact) mass is 243 g/mol. The molecule has 0 aliphatic heterocycles. The van der Waals surface area contributed by atoms with Crippen LogP contribution in [-0.2, 0) is 11.3 Å². The zero-order chi connectivity index (χ0) is 12.5. The van der Waals surface area contributed by atoms with E-state index in [2.05, 4.69) is 15.6 Å². The molecular weight excluding hydrogens is 226 g/mol. The Morgan fingerprint density at radius 2 is 2.17 bits per heavy atom. The lowest BCUT2D eigenvalue weighted by molar-refractivity contribution is 0.185. The van der Waals surface area contributed by atoms with Crippen LogP contribution in [0.5, 0.6) is 0 Å². The molecule has 0 atom stereocenters. The summed E-state index contributed by atoms with van der Waals surface area (Å²) in [7, 11) is 1.70. The van der Waals surface area contributed by atoms with Crippen LogP contribution < -0.4 is 5.73 Å². The van der Waals surface area contributed by atoms with E-state index in [4.69, 9.17) is 10.5 Å². The fraction of sp³-hybridized carbons (Fsp3) is 0.357. The molecule has 94 valence electrons. The number of hydrogen-bond donors (Lipinski definition) is 1. The lowest BCUT2D eigenvalue weighted by Gasteiger charge is -2.08. The van der Waals surface area contributed by atoms with Crippen LogP contribution in [0.3, 0.4) is 0 Å². The average molecular weight is 243 g/mol. The number of nitrogens with zero attached hydrogens (tertiary/aromatic N) is 2. The second kappa shape index (κ2) is 4.46. The molecule has 1 aromatic carbocycles. The molecule has 18 heavy (non-hydrogen) atoms. The van der Waals surface area contributed by atoms with Crippen LogP contribution in [-0.4, -0.2) is 16.7 Å². The number of hydrogen-bond acceptors (Lipinski definition) is 3. The predicted molar refractivity (Wildman–Crippen MR) is 71.1 cm³/mol. The van der Waals surface area contributed by atoms with Gasteiger partial charge in [-0.1, -0.05) is 24.3 Å². The van der Waals surface area contributed by atoms with Gasteiger partial charge >= 0.3 is 0 Å². The molecule has 0 unspecified atom stereocenters. The quantitative estimate of drug-likeness (QED) is 0.898. The van der Waals surface area contributed by atoms with Crippen molar-refractivity contribution in [1.29, 1.82) is 0 Å². The van der Waals surface area contributed by atoms with Crippen LogP contribution in [0.15, 0.2) is 30.6 Å². The van der Waals surface area contributed by atoms with Gasteiger partial charge in [-0.25, -0.2) is 4.98 Å². The molecule has 4 nitrogen and oxygen atoms in total. The fourth-order valence-electron chi connectivity index (χ4n) is 2.25. The third-order valence-electron chi connectivity index (χ3n) is 3.34. The van der Waals surface area contributed by atoms with Crippen LogP contribution in [0.2, 0.25) is 0 Å². The maximum Gasteiger partial charge on any atom is 0.131 e. The number of nitrogens with two attached hydrogens (primary N) is 1. The second-order valence-electron chi connectivity index (χ2n) is 4.71. The summed E-state index contributed by atoms with van der Waals surface area (Å²) in [5.74, 6) is 0.765. The summed E-state index contributed by atoms with van der Waals surface area (Å²) >= 11 is 0. The molecule has 4 heteroatoms. The number of imidazole rings is 1. The number of rotatable bonds is 4. The Morgan fingerprint density at radius 3 is 2.89 bits per heavy atom. The molecule has 1 aliphatic carbocycles. The van der Waals surface area contributed by atoms with Gasteiger partial charge in [-0.2, -0.15) is 0 Å². The third kappa shape index (κ3) is 1.88. The zero-order valence-electron chi connectivity index (χ0n) is 10.5. The predicted octanol–water partition coefficient (Wildman–Crippen LogP) is 2.61. The maximum atomic E-state index is 6.20. The highest BCUT2D eigenvalue weighted by Gasteiger charge is 2.26. The largest absolute Gasteiger partial charge is 0.383 e. The van der Waals surface area contributed by atoms with E-state index in [0.717, 1.165) is 22.6 Å². The molecule has 3 rings (SSSR count). The SMILES string of the molecule is COCc1ccccc1-c1ncn(C2CC2)c1N. The highest BCUT2D eigenvalue weighted by atomic mass is 16.5. The van der Waals surface area contributed by atoms with Crippen molar-refractivity contribution in [2.45, 2.75) is 25.5 Å². The van der Waals surface area contributed by atoms with Crippen LogP contribution >= 0.6 is 0 Å². The zero-order valence-corrected chi connectivity index (χ0v) is 10.5. The maximum absolute atomic E-state index is 6.20. The van der Waals surface area contributed by atoms with E-state index in [1.807, 2.05) is 24.5 Å². The Balaban J connectivity index is 2.03. The average Bonchev–Trinajstić information content (AvgIpc) is 3.15. The van der Waals surface area contributed by atoms with Gasteiger partial charge in [-0.15, -0.1) is 0 Å². The molecule has 2 aromatic rings. The van der Waals surface area contributed by atoms with Crippen molar-refractivity contribution in [2.24, 2.45) is 0 Å². The van der Waals surface area contributed by atoms with Gasteiger partial charge in [0.2, 0.25) is 0 Å². The number of ether oxygens (including phenoxy) is 1. The normalized spacial score (nSPS) is 14.9. The summed E-state index contributed by atoms with van der Waals surface area (Å²) in [6, 6.07) is 8.66. The summed E-state index contributed by atoms with van der Waals surface area (Å²) in [4.78, 5) is 4.47. The Morgan fingerprint density at radius 1 is 1.39 bits per heavy atom. The molecule has 0 saturated heterocycles. The highest BCUT2D eigenvalue weighted by Crippen LogP contribution is 2.39. The summed E-state index contributed by atoms with van der Waals surface area (Å²) in [6.07, 6.45) is 4.27. The van der Waals surface area contributed by atoms with Crippen LogP contribution in [0.4, 0.5) is 5.82 Å². The molecule has 1 aromatic heterocycles. The number of aromatic nitrogens is 2. The lowest BCUT2D eigenvalue weighted by Crippen LogP contribution is -2.00. The van der Waals surface area contributed by atoms with Crippen LogP contribution in [0.25, 0.3) is 11.3 Å². The third-order valence-corrected chi connectivity index (χ3v) is 3.34. The van der Waals surface area contributed by atoms with E-state index in [1.54, 1.807) is 7.11 Å². The van der Waals surface area contributed by atoms with Gasteiger partial charge < -0.3 is 15.0 Å². The Labute approximate surface area is 106 Å². The minimum Gasteiger partial charge on any atom is -0.383 e. The van der Waals surface area contributed by atoms with Gasteiger partial charge in [0.05, 0.1) is 12.9 Å². The second-order valence-corrected chi connectivity index (χ2v) is 4.71. The van der Waals surface area contributed by atoms with Gasteiger partial charge in [-0.3, -0.25) is 0 Å². The fourth-order valence-corrected chi connectivity index (χ4v) is 2.25. The molecule has 1 aliphatic rings. The van der Waals surface area contributed by atoms with Crippen molar-refractivity contribution in [3.05, 3.63) is 36.2 Å². The Hall–Kier alpha value is -1.81. The first-order valence-corrected chi connectivity index (χ1v) is 6.20. The van der Waals surface area contributed by atoms with Crippen molar-refractivity contribution >= 4 is 5.82 Å². The highest BCUT2D eigenvalue weighted by molar-refractivity contribution is 5.73. The smallest absolute Gasteiger partial charge is 0.131 e. The van der Waals surface area contributed by atoms with Crippen molar-refractivity contribution in [2.75, 3.05) is 12.8 Å². The van der Waals surface area contributed by atoms with Gasteiger partial charge in [0.15, 0.2) is 0 Å². The number of benzene rings is 1. The first-order chi connectivity index (χ1) is 8.81. The summed E-state index contributed by atoms with van der Waals surface area (Å²) in [5.41, 5.74) is 9.26. The van der Waals surface area contributed by atoms with Crippen molar-refractivity contribution < 1.29 is 4.74 Å². The summed E-state index contributed by atoms with van der Waals surface area (Å²) in [5, 5.41) is 0. The van der Waals surface area contributed by atoms with Gasteiger partial charge in [0, 0.05) is 18.7 Å². The minimum atomic E-state index is 0.556. The van der Waals surface area contributed by atoms with E-state index in [9.17, 15) is 0 Å². The first kappa shape index (κ1) is 11.3. The van der Waals surface area contributed by atoms with E-state index in [1.165, 1.54) is 12.8 Å². The standard InChI is InChI=1S/C14H17N3O/c1-18-8-10-4-2-3-5-12(10)13-14(15)17(9-16-13)11-6-7-11/h2-5,9,11H,6-8,15H2,1H3. The molecule has 1 heterocycles. The lowest BCUT2D eigenvalue weighted by atomic mass is 10.1. The number of methoxy groups -OCH3 is 1. The summed E-state index contributed by atoms with van der Waals surface area (Å²) in [6.45, 7) is 0.575. The van der Waals surface area contributed by atoms with Crippen molar-refractivity contribution in [3.63, 3.8) is 0 Å². The van der Waals surface area contributed by atoms with Gasteiger partial charge in [0.25, 0.3) is 0 Å². The van der Waals surface area contributed by atoms with Crippen molar-refractivity contribution in [3.8, 4) is 11.3 Å². The molecule has 2 N–H and O–H groups in total. The number of nitrogen functional groups attached to an aromatic ring is 1. The van der Waals surface area contributed by atoms with Crippen molar-refractivity contribution in [1.82, 2.24) is 9.55 Å². The molecule has 0 amide bonds. The first-order valence-electron chi connectivity index (χ1n) is 6.20. The van der Waals surface area contributed by atoms with E-state index < -0.39 is 0 Å². The van der Waals surface area contributed by atoms with E-state index in [0.29, 0.717) is 12.6 Å². The Kier molecular flexibility index (Phi) is 2.80. The molecule has 0 bridgehead atoms.